The van der Waals surface area contributed by atoms with Gasteiger partial charge in [-0.05, 0) is 68.3 Å². The van der Waals surface area contributed by atoms with Gasteiger partial charge in [-0.2, -0.15) is 13.5 Å². The molecule has 0 saturated carbocycles. The van der Waals surface area contributed by atoms with Crippen LogP contribution in [0.25, 0.3) is 22.9 Å². The van der Waals surface area contributed by atoms with Crippen LogP contribution in [-0.4, -0.2) is 34.4 Å². The summed E-state index contributed by atoms with van der Waals surface area (Å²) in [6, 6.07) is 19.5. The summed E-state index contributed by atoms with van der Waals surface area (Å²) in [5, 5.41) is 13.3. The van der Waals surface area contributed by atoms with Crippen molar-refractivity contribution in [3.05, 3.63) is 99.3 Å². The molecule has 0 atom stereocenters. The van der Waals surface area contributed by atoms with Gasteiger partial charge in [0, 0.05) is 26.9 Å². The van der Waals surface area contributed by atoms with E-state index in [1.807, 2.05) is 44.2 Å². The molecule has 5 aromatic rings. The summed E-state index contributed by atoms with van der Waals surface area (Å²) < 4.78 is 38.6. The van der Waals surface area contributed by atoms with Gasteiger partial charge in [-0.3, -0.25) is 0 Å². The molecule has 0 aliphatic rings. The van der Waals surface area contributed by atoms with E-state index in [0.717, 1.165) is 16.8 Å². The molecule has 0 bridgehead atoms. The van der Waals surface area contributed by atoms with E-state index in [0.29, 0.717) is 26.9 Å². The molecule has 0 spiro atoms. The normalized spacial score (nSPS) is 12.2. The Morgan fingerprint density at radius 2 is 1.68 bits per heavy atom. The monoisotopic (exact) mass is 626 g/mol. The molecule has 0 saturated heterocycles. The Bertz CT molecular complexity index is 1870. The first-order valence-electron chi connectivity index (χ1n) is 12.3. The number of nitrogens with zero attached hydrogens (tertiary/aromatic N) is 5. The highest BCUT2D eigenvalue weighted by Gasteiger charge is 2.25. The minimum atomic E-state index is -4.34. The minimum absolute atomic E-state index is 0.0436. The lowest BCUT2D eigenvalue weighted by atomic mass is 10.2. The molecular formula is C28H24Cl2N6O3S2. The molecule has 2 heterocycles. The van der Waals surface area contributed by atoms with Gasteiger partial charge in [0.15, 0.2) is 0 Å². The molecule has 2 N–H and O–H groups in total. The molecule has 3 aromatic carbocycles. The van der Waals surface area contributed by atoms with Crippen molar-refractivity contribution in [2.75, 3.05) is 0 Å². The van der Waals surface area contributed by atoms with Crippen LogP contribution in [-0.2, 0) is 15.8 Å². The van der Waals surface area contributed by atoms with Gasteiger partial charge in [0.05, 0.1) is 16.3 Å². The molecule has 9 nitrogen and oxygen atoms in total. The van der Waals surface area contributed by atoms with Crippen molar-refractivity contribution in [3.8, 4) is 22.9 Å². The summed E-state index contributed by atoms with van der Waals surface area (Å²) in [5.41, 5.74) is 10.3. The molecule has 0 unspecified atom stereocenters. The number of hydrogen-bond acceptors (Lipinski definition) is 7. The molecule has 0 radical (unpaired) electrons. The predicted octanol–water partition coefficient (Wildman–Crippen LogP) is 6.68. The lowest BCUT2D eigenvalue weighted by Crippen LogP contribution is -2.26. The fourth-order valence-electron chi connectivity index (χ4n) is 3.94. The Morgan fingerprint density at radius 1 is 1.00 bits per heavy atom. The zero-order valence-corrected chi connectivity index (χ0v) is 25.3. The second kappa shape index (κ2) is 11.7. The van der Waals surface area contributed by atoms with Gasteiger partial charge in [-0.25, -0.2) is 4.68 Å². The Balaban J connectivity index is 1.59. The molecule has 0 fully saturated rings. The molecule has 210 valence electrons. The van der Waals surface area contributed by atoms with Gasteiger partial charge in [0.2, 0.25) is 17.7 Å². The number of halogens is 2. The van der Waals surface area contributed by atoms with E-state index in [2.05, 4.69) is 19.7 Å². The first-order chi connectivity index (χ1) is 19.5. The van der Waals surface area contributed by atoms with Crippen LogP contribution in [0.3, 0.4) is 0 Å². The lowest BCUT2D eigenvalue weighted by molar-refractivity contribution is 0.584. The standard InChI is InChI=1S/C28H24Cl2N6O3S2/c1-16-17(2)34-36(18(16)3)28(31)35-41(37,38)25-13-22(23(30)14-24(25)40-15-19-7-5-4-6-8-19)27-33-32-26(39-27)20-9-11-21(29)12-10-20/h4-14H,15H2,1-3H3,(H2,31,35). The smallest absolute Gasteiger partial charge is 0.286 e. The number of rotatable bonds is 7. The Kier molecular flexibility index (Phi) is 8.23. The van der Waals surface area contributed by atoms with E-state index >= 15 is 0 Å². The summed E-state index contributed by atoms with van der Waals surface area (Å²) in [6.07, 6.45) is 0. The number of benzene rings is 3. The third-order valence-electron chi connectivity index (χ3n) is 6.38. The zero-order valence-electron chi connectivity index (χ0n) is 22.2. The highest BCUT2D eigenvalue weighted by Crippen LogP contribution is 2.39. The quantitative estimate of drug-likeness (QED) is 0.120. The largest absolute Gasteiger partial charge is 0.416 e. The number of aromatic nitrogens is 4. The molecule has 0 aliphatic heterocycles. The van der Waals surface area contributed by atoms with Gasteiger partial charge in [-0.1, -0.05) is 53.5 Å². The van der Waals surface area contributed by atoms with Crippen molar-refractivity contribution >= 4 is 50.9 Å². The van der Waals surface area contributed by atoms with Gasteiger partial charge in [0.1, 0.15) is 4.90 Å². The molecule has 5 rings (SSSR count). The molecule has 13 heteroatoms. The summed E-state index contributed by atoms with van der Waals surface area (Å²) >= 11 is 13.9. The van der Waals surface area contributed by atoms with Gasteiger partial charge >= 0.3 is 0 Å². The van der Waals surface area contributed by atoms with Crippen molar-refractivity contribution in [1.29, 1.82) is 0 Å². The molecule has 2 aromatic heterocycles. The number of thioether (sulfide) groups is 1. The van der Waals surface area contributed by atoms with Crippen LogP contribution in [0.15, 0.2) is 85.3 Å². The van der Waals surface area contributed by atoms with E-state index in [9.17, 15) is 8.42 Å². The van der Waals surface area contributed by atoms with Gasteiger partial charge < -0.3 is 10.2 Å². The minimum Gasteiger partial charge on any atom is -0.416 e. The number of sulfonamides is 1. The van der Waals surface area contributed by atoms with Crippen molar-refractivity contribution in [1.82, 2.24) is 20.0 Å². The van der Waals surface area contributed by atoms with Crippen molar-refractivity contribution in [2.24, 2.45) is 10.1 Å². The van der Waals surface area contributed by atoms with Crippen LogP contribution < -0.4 is 5.73 Å². The van der Waals surface area contributed by atoms with E-state index in [4.69, 9.17) is 33.4 Å². The van der Waals surface area contributed by atoms with Gasteiger partial charge in [-0.15, -0.1) is 26.4 Å². The maximum absolute atomic E-state index is 13.8. The SMILES string of the molecule is Cc1nn(/C(N)=N/S(=O)(=O)c2cc(-c3nnc(-c4ccc(Cl)cc4)o3)c(Cl)cc2SCc2ccccc2)c(C)c1C. The highest BCUT2D eigenvalue weighted by molar-refractivity contribution is 7.99. The number of nitrogens with two attached hydrogens (primary N) is 1. The zero-order chi connectivity index (χ0) is 29.3. The molecular weight excluding hydrogens is 603 g/mol. The van der Waals surface area contributed by atoms with E-state index in [-0.39, 0.29) is 33.2 Å². The third-order valence-corrected chi connectivity index (χ3v) is 9.52. The number of aryl methyl sites for hydroxylation is 1. The predicted molar refractivity (Wildman–Crippen MR) is 162 cm³/mol. The first kappa shape index (κ1) is 28.9. The summed E-state index contributed by atoms with van der Waals surface area (Å²) in [6.45, 7) is 5.48. The average molecular weight is 628 g/mol. The second-order valence-corrected chi connectivity index (χ2v) is 12.5. The average Bonchev–Trinajstić information content (AvgIpc) is 3.53. The Labute approximate surface area is 251 Å². The summed E-state index contributed by atoms with van der Waals surface area (Å²) in [7, 11) is -4.34. The van der Waals surface area contributed by atoms with Crippen LogP contribution in [0, 0.1) is 20.8 Å². The molecule has 0 amide bonds. The fourth-order valence-corrected chi connectivity index (χ4v) is 6.79. The van der Waals surface area contributed by atoms with Crippen LogP contribution >= 0.6 is 35.0 Å². The third kappa shape index (κ3) is 6.18. The molecule has 0 aliphatic carbocycles. The van der Waals surface area contributed by atoms with Crippen LogP contribution in [0.1, 0.15) is 22.5 Å². The van der Waals surface area contributed by atoms with E-state index in [1.165, 1.54) is 22.5 Å². The van der Waals surface area contributed by atoms with Gasteiger partial charge in [0.25, 0.3) is 10.0 Å². The van der Waals surface area contributed by atoms with Crippen molar-refractivity contribution in [2.45, 2.75) is 36.3 Å². The van der Waals surface area contributed by atoms with Crippen molar-refractivity contribution in [3.63, 3.8) is 0 Å². The fraction of sp³-hybridized carbons (Fsp3) is 0.143. The Morgan fingerprint density at radius 3 is 2.34 bits per heavy atom. The summed E-state index contributed by atoms with van der Waals surface area (Å²) in [5.74, 6) is 0.483. The highest BCUT2D eigenvalue weighted by atomic mass is 35.5. The summed E-state index contributed by atoms with van der Waals surface area (Å²) in [4.78, 5) is 0.284. The van der Waals surface area contributed by atoms with E-state index < -0.39 is 10.0 Å². The number of hydrogen-bond donors (Lipinski definition) is 1. The Hall–Kier alpha value is -3.64. The maximum Gasteiger partial charge on any atom is 0.286 e. The van der Waals surface area contributed by atoms with Crippen LogP contribution in [0.2, 0.25) is 10.0 Å². The van der Waals surface area contributed by atoms with Crippen LogP contribution in [0.5, 0.6) is 0 Å². The van der Waals surface area contributed by atoms with Crippen molar-refractivity contribution < 1.29 is 12.8 Å². The second-order valence-electron chi connectivity index (χ2n) is 9.10. The first-order valence-corrected chi connectivity index (χ1v) is 15.5. The van der Waals surface area contributed by atoms with E-state index in [1.54, 1.807) is 37.3 Å². The lowest BCUT2D eigenvalue weighted by Gasteiger charge is -2.12. The maximum atomic E-state index is 13.8. The molecule has 41 heavy (non-hydrogen) atoms. The topological polar surface area (TPSA) is 129 Å². The van der Waals surface area contributed by atoms with Crippen LogP contribution in [0.4, 0.5) is 0 Å².